The van der Waals surface area contributed by atoms with Crippen LogP contribution >= 0.6 is 0 Å². The number of fused-ring (bicyclic) bond motifs is 1. The van der Waals surface area contributed by atoms with Crippen LogP contribution in [-0.4, -0.2) is 5.96 Å². The molecule has 0 unspecified atom stereocenters. The maximum absolute atomic E-state index is 6.06. The van der Waals surface area contributed by atoms with Gasteiger partial charge in [-0.15, -0.1) is 0 Å². The maximum Gasteiger partial charge on any atom is 0.183 e. The molecule has 0 fully saturated rings. The van der Waals surface area contributed by atoms with E-state index in [9.17, 15) is 0 Å². The van der Waals surface area contributed by atoms with Crippen molar-refractivity contribution < 1.29 is 0 Å². The summed E-state index contributed by atoms with van der Waals surface area (Å²) in [6.07, 6.45) is 0. The Kier molecular flexibility index (Phi) is 3.49. The number of benzene rings is 2. The van der Waals surface area contributed by atoms with Gasteiger partial charge in [0.05, 0.1) is 0 Å². The Morgan fingerprint density at radius 3 is 1.21 bits per heavy atom. The third-order valence-electron chi connectivity index (χ3n) is 1.66. The molecule has 2 aromatic rings. The molecule has 5 N–H and O–H groups in total. The molecule has 0 saturated carbocycles. The third-order valence-corrected chi connectivity index (χ3v) is 1.66. The molecule has 14 heavy (non-hydrogen) atoms. The molecule has 0 radical (unpaired) electrons. The van der Waals surface area contributed by atoms with Gasteiger partial charge in [0, 0.05) is 0 Å². The van der Waals surface area contributed by atoms with Gasteiger partial charge in [-0.05, 0) is 10.8 Å². The summed E-state index contributed by atoms with van der Waals surface area (Å²) in [5, 5.41) is 8.68. The molecular weight excluding hydrogens is 174 g/mol. The van der Waals surface area contributed by atoms with Gasteiger partial charge in [-0.1, -0.05) is 48.5 Å². The molecule has 2 aromatic carbocycles. The van der Waals surface area contributed by atoms with E-state index in [0.717, 1.165) is 0 Å². The Hall–Kier alpha value is -2.03. The van der Waals surface area contributed by atoms with Gasteiger partial charge in [-0.3, -0.25) is 5.41 Å². The summed E-state index contributed by atoms with van der Waals surface area (Å²) in [7, 11) is 0. The first-order chi connectivity index (χ1) is 6.70. The van der Waals surface area contributed by atoms with E-state index in [1.165, 1.54) is 10.8 Å². The van der Waals surface area contributed by atoms with Crippen molar-refractivity contribution >= 4 is 16.7 Å². The van der Waals surface area contributed by atoms with Crippen molar-refractivity contribution in [3.05, 3.63) is 48.5 Å². The van der Waals surface area contributed by atoms with Crippen molar-refractivity contribution in [3.63, 3.8) is 0 Å². The summed E-state index contributed by atoms with van der Waals surface area (Å²) in [5.74, 6) is -0.333. The number of hydrogen-bond donors (Lipinski definition) is 3. The fourth-order valence-corrected chi connectivity index (χ4v) is 1.13. The van der Waals surface area contributed by atoms with Crippen LogP contribution < -0.4 is 11.5 Å². The van der Waals surface area contributed by atoms with Gasteiger partial charge in [0.2, 0.25) is 0 Å². The lowest BCUT2D eigenvalue weighted by atomic mass is 10.1. The zero-order valence-corrected chi connectivity index (χ0v) is 7.77. The zero-order chi connectivity index (χ0) is 10.4. The minimum atomic E-state index is -0.333. The highest BCUT2D eigenvalue weighted by molar-refractivity contribution is 5.82. The van der Waals surface area contributed by atoms with Crippen molar-refractivity contribution in [1.29, 1.82) is 5.41 Å². The molecule has 2 rings (SSSR count). The van der Waals surface area contributed by atoms with Crippen LogP contribution in [0.5, 0.6) is 0 Å². The third kappa shape index (κ3) is 3.15. The van der Waals surface area contributed by atoms with Gasteiger partial charge < -0.3 is 11.5 Å². The van der Waals surface area contributed by atoms with Crippen molar-refractivity contribution in [2.24, 2.45) is 11.5 Å². The Morgan fingerprint density at radius 2 is 1.00 bits per heavy atom. The topological polar surface area (TPSA) is 75.9 Å². The maximum atomic E-state index is 6.06. The van der Waals surface area contributed by atoms with Crippen molar-refractivity contribution in [2.75, 3.05) is 0 Å². The SMILES string of the molecule is N=C(N)N.c1ccc2ccccc2c1. The van der Waals surface area contributed by atoms with E-state index in [-0.39, 0.29) is 5.96 Å². The van der Waals surface area contributed by atoms with Gasteiger partial charge in [0.15, 0.2) is 5.96 Å². The molecule has 0 saturated heterocycles. The summed E-state index contributed by atoms with van der Waals surface area (Å²) in [6, 6.07) is 16.7. The minimum Gasteiger partial charge on any atom is -0.370 e. The highest BCUT2D eigenvalue weighted by Gasteiger charge is 1.85. The molecule has 0 aliphatic heterocycles. The van der Waals surface area contributed by atoms with Gasteiger partial charge in [0.1, 0.15) is 0 Å². The summed E-state index contributed by atoms with van der Waals surface area (Å²) in [5.41, 5.74) is 8.94. The normalized spacial score (nSPS) is 8.86. The van der Waals surface area contributed by atoms with Crippen LogP contribution in [0, 0.1) is 5.41 Å². The average molecular weight is 187 g/mol. The number of nitrogens with two attached hydrogens (primary N) is 2. The Bertz CT molecular complexity index is 354. The van der Waals surface area contributed by atoms with Crippen LogP contribution in [0.1, 0.15) is 0 Å². The second-order valence-electron chi connectivity index (χ2n) is 2.80. The van der Waals surface area contributed by atoms with Crippen molar-refractivity contribution in [1.82, 2.24) is 0 Å². The van der Waals surface area contributed by atoms with Gasteiger partial charge in [0.25, 0.3) is 0 Å². The second-order valence-corrected chi connectivity index (χ2v) is 2.80. The van der Waals surface area contributed by atoms with Crippen LogP contribution in [-0.2, 0) is 0 Å². The summed E-state index contributed by atoms with van der Waals surface area (Å²) >= 11 is 0. The van der Waals surface area contributed by atoms with Crippen molar-refractivity contribution in [2.45, 2.75) is 0 Å². The van der Waals surface area contributed by atoms with Crippen LogP contribution in [0.4, 0.5) is 0 Å². The molecule has 0 aromatic heterocycles. The molecule has 0 atom stereocenters. The van der Waals surface area contributed by atoms with Crippen LogP contribution in [0.15, 0.2) is 48.5 Å². The van der Waals surface area contributed by atoms with Crippen LogP contribution in [0.2, 0.25) is 0 Å². The predicted octanol–water partition coefficient (Wildman–Crippen LogP) is 1.68. The number of nitrogens with one attached hydrogen (secondary N) is 1. The highest BCUT2D eigenvalue weighted by atomic mass is 14.9. The lowest BCUT2D eigenvalue weighted by Gasteiger charge is -1.92. The van der Waals surface area contributed by atoms with Gasteiger partial charge in [-0.25, -0.2) is 0 Å². The smallest absolute Gasteiger partial charge is 0.183 e. The Morgan fingerprint density at radius 1 is 0.786 bits per heavy atom. The first-order valence-corrected chi connectivity index (χ1v) is 4.23. The largest absolute Gasteiger partial charge is 0.370 e. The van der Waals surface area contributed by atoms with Crippen LogP contribution in [0.3, 0.4) is 0 Å². The monoisotopic (exact) mass is 187 g/mol. The van der Waals surface area contributed by atoms with E-state index in [1.807, 2.05) is 0 Å². The average Bonchev–Trinajstić information content (AvgIpc) is 2.17. The molecule has 0 amide bonds. The number of rotatable bonds is 0. The molecule has 0 heterocycles. The lowest BCUT2D eigenvalue weighted by Crippen LogP contribution is -2.20. The van der Waals surface area contributed by atoms with Crippen molar-refractivity contribution in [3.8, 4) is 0 Å². The van der Waals surface area contributed by atoms with E-state index in [0.29, 0.717) is 0 Å². The lowest BCUT2D eigenvalue weighted by molar-refractivity contribution is 1.39. The van der Waals surface area contributed by atoms with E-state index < -0.39 is 0 Å². The molecule has 3 nitrogen and oxygen atoms in total. The van der Waals surface area contributed by atoms with Gasteiger partial charge >= 0.3 is 0 Å². The summed E-state index contributed by atoms with van der Waals surface area (Å²) < 4.78 is 0. The number of hydrogen-bond acceptors (Lipinski definition) is 1. The summed E-state index contributed by atoms with van der Waals surface area (Å²) in [6.45, 7) is 0. The molecule has 3 heteroatoms. The quantitative estimate of drug-likeness (QED) is 0.433. The molecule has 0 bridgehead atoms. The highest BCUT2D eigenvalue weighted by Crippen LogP contribution is 2.11. The number of guanidine groups is 1. The molecular formula is C11H13N3. The minimum absolute atomic E-state index is 0.333. The Labute approximate surface area is 82.8 Å². The van der Waals surface area contributed by atoms with Crippen LogP contribution in [0.25, 0.3) is 10.8 Å². The second kappa shape index (κ2) is 4.87. The fraction of sp³-hybridized carbons (Fsp3) is 0. The molecule has 0 aliphatic rings. The van der Waals surface area contributed by atoms with Gasteiger partial charge in [-0.2, -0.15) is 0 Å². The molecule has 72 valence electrons. The fourth-order valence-electron chi connectivity index (χ4n) is 1.13. The molecule has 0 aliphatic carbocycles. The molecule has 0 spiro atoms. The first-order valence-electron chi connectivity index (χ1n) is 4.23. The standard InChI is InChI=1S/C10H8.CH5N3/c1-2-6-10-8-4-3-7-9(10)5-1;2-1(3)4/h1-8H;(H5,2,3,4). The summed E-state index contributed by atoms with van der Waals surface area (Å²) in [4.78, 5) is 0. The van der Waals surface area contributed by atoms with E-state index in [1.54, 1.807) is 0 Å². The predicted molar refractivity (Wildman–Crippen MR) is 60.0 cm³/mol. The first kappa shape index (κ1) is 10.1. The van der Waals surface area contributed by atoms with E-state index in [4.69, 9.17) is 5.41 Å². The van der Waals surface area contributed by atoms with E-state index in [2.05, 4.69) is 60.0 Å². The zero-order valence-electron chi connectivity index (χ0n) is 7.77. The Balaban J connectivity index is 0.000000213. The van der Waals surface area contributed by atoms with E-state index >= 15 is 0 Å².